The average Bonchev–Trinajstić information content (AvgIpc) is 3.28. The van der Waals surface area contributed by atoms with Crippen LogP contribution >= 0.6 is 11.6 Å². The zero-order chi connectivity index (χ0) is 20.5. The summed E-state index contributed by atoms with van der Waals surface area (Å²) in [7, 11) is 0. The van der Waals surface area contributed by atoms with E-state index in [2.05, 4.69) is 0 Å². The average molecular weight is 413 g/mol. The van der Waals surface area contributed by atoms with Crippen LogP contribution in [0.5, 0.6) is 0 Å². The predicted octanol–water partition coefficient (Wildman–Crippen LogP) is 3.60. The first-order valence-electron chi connectivity index (χ1n) is 9.62. The highest BCUT2D eigenvalue weighted by molar-refractivity contribution is 6.34. The highest BCUT2D eigenvalue weighted by atomic mass is 35.5. The molecule has 29 heavy (non-hydrogen) atoms. The van der Waals surface area contributed by atoms with Crippen LogP contribution in [0.3, 0.4) is 0 Å². The van der Waals surface area contributed by atoms with E-state index in [1.165, 1.54) is 6.07 Å². The van der Waals surface area contributed by atoms with Crippen LogP contribution in [0.15, 0.2) is 42.5 Å². The Balaban J connectivity index is 1.45. The Labute approximate surface area is 174 Å². The second kappa shape index (κ2) is 7.87. The fraction of sp³-hybridized carbons (Fsp3) is 0.318. The number of halogens is 1. The van der Waals surface area contributed by atoms with Crippen LogP contribution in [-0.4, -0.2) is 37.0 Å². The largest absolute Gasteiger partial charge is 0.452 e. The molecule has 0 radical (unpaired) electrons. The number of amides is 2. The van der Waals surface area contributed by atoms with Gasteiger partial charge < -0.3 is 14.5 Å². The Morgan fingerprint density at radius 3 is 2.72 bits per heavy atom. The zero-order valence-electron chi connectivity index (χ0n) is 16.1. The van der Waals surface area contributed by atoms with E-state index in [9.17, 15) is 14.4 Å². The van der Waals surface area contributed by atoms with Crippen molar-refractivity contribution in [1.82, 2.24) is 0 Å². The molecule has 0 spiro atoms. The predicted molar refractivity (Wildman–Crippen MR) is 110 cm³/mol. The van der Waals surface area contributed by atoms with Crippen LogP contribution in [0.25, 0.3) is 0 Å². The van der Waals surface area contributed by atoms with Crippen LogP contribution in [-0.2, 0) is 20.7 Å². The van der Waals surface area contributed by atoms with Gasteiger partial charge in [-0.05, 0) is 49.6 Å². The number of rotatable bonds is 4. The third-order valence-corrected chi connectivity index (χ3v) is 5.67. The normalized spacial score (nSPS) is 18.1. The molecule has 0 aromatic heterocycles. The number of esters is 1. The number of hydrogen-bond donors (Lipinski definition) is 0. The van der Waals surface area contributed by atoms with Crippen LogP contribution in [0.2, 0.25) is 5.02 Å². The molecule has 2 amide bonds. The summed E-state index contributed by atoms with van der Waals surface area (Å²) in [5.74, 6) is -0.906. The molecule has 1 fully saturated rings. The van der Waals surface area contributed by atoms with Gasteiger partial charge in [-0.1, -0.05) is 29.8 Å². The second-order valence-electron chi connectivity index (χ2n) is 7.34. The Hall–Kier alpha value is -2.86. The molecule has 0 saturated carbocycles. The number of carbonyl (C=O) groups excluding carboxylic acids is 3. The lowest BCUT2D eigenvalue weighted by Crippen LogP contribution is -2.38. The lowest BCUT2D eigenvalue weighted by atomic mass is 10.1. The van der Waals surface area contributed by atoms with Gasteiger partial charge >= 0.3 is 5.97 Å². The lowest BCUT2D eigenvalue weighted by molar-refractivity contribution is -0.122. The maximum Gasteiger partial charge on any atom is 0.338 e. The molecule has 150 valence electrons. The zero-order valence-corrected chi connectivity index (χ0v) is 16.8. The fourth-order valence-corrected chi connectivity index (χ4v) is 4.19. The van der Waals surface area contributed by atoms with Crippen LogP contribution in [0.4, 0.5) is 11.4 Å². The van der Waals surface area contributed by atoms with Gasteiger partial charge in [-0.2, -0.15) is 0 Å². The first-order chi connectivity index (χ1) is 14.0. The maximum absolute atomic E-state index is 12.7. The van der Waals surface area contributed by atoms with Crippen molar-refractivity contribution in [3.63, 3.8) is 0 Å². The van der Waals surface area contributed by atoms with Gasteiger partial charge in [0.1, 0.15) is 0 Å². The molecule has 6 nitrogen and oxygen atoms in total. The van der Waals surface area contributed by atoms with E-state index in [1.54, 1.807) is 21.9 Å². The van der Waals surface area contributed by atoms with Crippen LogP contribution in [0, 0.1) is 0 Å². The molecule has 0 bridgehead atoms. The monoisotopic (exact) mass is 412 g/mol. The van der Waals surface area contributed by atoms with E-state index in [-0.39, 0.29) is 30.0 Å². The molecule has 4 rings (SSSR count). The first-order valence-corrected chi connectivity index (χ1v) is 10.0. The van der Waals surface area contributed by atoms with E-state index in [4.69, 9.17) is 16.3 Å². The summed E-state index contributed by atoms with van der Waals surface area (Å²) >= 11 is 6.22. The van der Waals surface area contributed by atoms with Crippen molar-refractivity contribution in [1.29, 1.82) is 0 Å². The molecule has 0 aliphatic carbocycles. The van der Waals surface area contributed by atoms with Crippen molar-refractivity contribution < 1.29 is 19.1 Å². The van der Waals surface area contributed by atoms with E-state index in [0.717, 1.165) is 24.1 Å². The van der Waals surface area contributed by atoms with Gasteiger partial charge in [0.15, 0.2) is 6.61 Å². The standard InChI is InChI=1S/C22H21ClN2O4/c1-14-11-15-5-2-3-6-18(15)25(14)21(27)13-29-22(28)16-8-9-17(23)19(12-16)24-10-4-7-20(24)26/h2-3,5-6,8-9,12,14H,4,7,10-11,13H2,1H3/t14-/m1/s1. The summed E-state index contributed by atoms with van der Waals surface area (Å²) in [6.07, 6.45) is 2.00. The number of para-hydroxylation sites is 1. The number of fused-ring (bicyclic) bond motifs is 1. The molecule has 2 aromatic rings. The molecule has 2 aromatic carbocycles. The summed E-state index contributed by atoms with van der Waals surface area (Å²) in [5.41, 5.74) is 2.73. The molecule has 0 unspecified atom stereocenters. The van der Waals surface area contributed by atoms with E-state index in [1.807, 2.05) is 31.2 Å². The molecule has 2 aliphatic rings. The summed E-state index contributed by atoms with van der Waals surface area (Å²) < 4.78 is 5.27. The van der Waals surface area contributed by atoms with Crippen LogP contribution in [0.1, 0.15) is 35.7 Å². The van der Waals surface area contributed by atoms with Crippen molar-refractivity contribution in [3.05, 3.63) is 58.6 Å². The Bertz CT molecular complexity index is 991. The molecule has 1 saturated heterocycles. The minimum absolute atomic E-state index is 0.0157. The SMILES string of the molecule is C[C@@H]1Cc2ccccc2N1C(=O)COC(=O)c1ccc(Cl)c(N2CCCC2=O)c1. The molecule has 1 atom stereocenters. The second-order valence-corrected chi connectivity index (χ2v) is 7.74. The van der Waals surface area contributed by atoms with Crippen molar-refractivity contribution in [3.8, 4) is 0 Å². The van der Waals surface area contributed by atoms with Gasteiger partial charge in [0.05, 0.1) is 16.3 Å². The molecule has 0 N–H and O–H groups in total. The lowest BCUT2D eigenvalue weighted by Gasteiger charge is -2.22. The van der Waals surface area contributed by atoms with E-state index in [0.29, 0.717) is 23.7 Å². The number of anilines is 2. The third kappa shape index (κ3) is 3.72. The third-order valence-electron chi connectivity index (χ3n) is 5.35. The first kappa shape index (κ1) is 19.5. The van der Waals surface area contributed by atoms with Crippen molar-refractivity contribution in [2.45, 2.75) is 32.2 Å². The summed E-state index contributed by atoms with van der Waals surface area (Å²) in [4.78, 5) is 40.5. The van der Waals surface area contributed by atoms with Crippen molar-refractivity contribution >= 4 is 40.8 Å². The number of carbonyl (C=O) groups is 3. The van der Waals surface area contributed by atoms with Crippen molar-refractivity contribution in [2.75, 3.05) is 23.0 Å². The Kier molecular flexibility index (Phi) is 5.28. The molecular weight excluding hydrogens is 392 g/mol. The minimum Gasteiger partial charge on any atom is -0.452 e. The van der Waals surface area contributed by atoms with Crippen molar-refractivity contribution in [2.24, 2.45) is 0 Å². The van der Waals surface area contributed by atoms with Gasteiger partial charge in [-0.25, -0.2) is 4.79 Å². The highest BCUT2D eigenvalue weighted by Gasteiger charge is 2.31. The van der Waals surface area contributed by atoms with Gasteiger partial charge in [0.25, 0.3) is 5.91 Å². The maximum atomic E-state index is 12.7. The fourth-order valence-electron chi connectivity index (χ4n) is 3.98. The number of ether oxygens (including phenoxy) is 1. The topological polar surface area (TPSA) is 66.9 Å². The number of benzene rings is 2. The molecule has 2 aliphatic heterocycles. The molecule has 2 heterocycles. The number of nitrogens with zero attached hydrogens (tertiary/aromatic N) is 2. The highest BCUT2D eigenvalue weighted by Crippen LogP contribution is 2.32. The molecular formula is C22H21ClN2O4. The van der Waals surface area contributed by atoms with E-state index >= 15 is 0 Å². The Morgan fingerprint density at radius 1 is 1.17 bits per heavy atom. The number of hydrogen-bond acceptors (Lipinski definition) is 4. The smallest absolute Gasteiger partial charge is 0.338 e. The van der Waals surface area contributed by atoms with Crippen LogP contribution < -0.4 is 9.80 Å². The summed E-state index contributed by atoms with van der Waals surface area (Å²) in [6, 6.07) is 12.4. The summed E-state index contributed by atoms with van der Waals surface area (Å²) in [6.45, 7) is 2.19. The van der Waals surface area contributed by atoms with Gasteiger partial charge in [-0.15, -0.1) is 0 Å². The summed E-state index contributed by atoms with van der Waals surface area (Å²) in [5, 5.41) is 0.398. The van der Waals surface area contributed by atoms with Gasteiger partial charge in [0, 0.05) is 24.7 Å². The Morgan fingerprint density at radius 2 is 1.97 bits per heavy atom. The minimum atomic E-state index is -0.622. The van der Waals surface area contributed by atoms with E-state index < -0.39 is 5.97 Å². The quantitative estimate of drug-likeness (QED) is 0.719. The van der Waals surface area contributed by atoms with Gasteiger partial charge in [-0.3, -0.25) is 9.59 Å². The van der Waals surface area contributed by atoms with Gasteiger partial charge in [0.2, 0.25) is 5.91 Å². The molecule has 7 heteroatoms.